The first-order chi connectivity index (χ1) is 11.9. The van der Waals surface area contributed by atoms with Crippen LogP contribution in [0, 0.1) is 17.8 Å². The van der Waals surface area contributed by atoms with Gasteiger partial charge in [0.25, 0.3) is 5.91 Å². The Morgan fingerprint density at radius 1 is 1.23 bits per heavy atom. The molecule has 146 valence electrons. The fraction of sp³-hybridized carbons (Fsp3) is 0.833. The Morgan fingerprint density at radius 2 is 1.85 bits per heavy atom. The van der Waals surface area contributed by atoms with Gasteiger partial charge in [-0.3, -0.25) is 14.5 Å². The fourth-order valence-corrected chi connectivity index (χ4v) is 5.20. The minimum absolute atomic E-state index is 0. The van der Waals surface area contributed by atoms with Gasteiger partial charge in [-0.1, -0.05) is 6.42 Å². The standard InChI is InChI=1S/C18H28N4O3.ClH/c1-18(12-5-6-12)16(24)22(17(25)21-18)9-14(23)20-15-10-3-2-4-11(15)8-13(19)7-10;/h10-13,15H,2-9,19H2,1H3,(H,20,23)(H,21,25);1H. The molecule has 0 radical (unpaired) electrons. The van der Waals surface area contributed by atoms with E-state index in [9.17, 15) is 14.4 Å². The van der Waals surface area contributed by atoms with E-state index in [1.54, 1.807) is 6.92 Å². The number of amides is 4. The van der Waals surface area contributed by atoms with Gasteiger partial charge in [0.2, 0.25) is 5.91 Å². The molecular formula is C18H29ClN4O3. The topological polar surface area (TPSA) is 105 Å². The summed E-state index contributed by atoms with van der Waals surface area (Å²) in [5.74, 6) is 0.552. The summed E-state index contributed by atoms with van der Waals surface area (Å²) in [4.78, 5) is 38.5. The predicted octanol–water partition coefficient (Wildman–Crippen LogP) is 1.15. The number of urea groups is 1. The van der Waals surface area contributed by atoms with Crippen molar-refractivity contribution < 1.29 is 14.4 Å². The lowest BCUT2D eigenvalue weighted by Crippen LogP contribution is -2.55. The average molecular weight is 385 g/mol. The van der Waals surface area contributed by atoms with Crippen molar-refractivity contribution >= 4 is 30.3 Å². The number of nitrogens with one attached hydrogen (secondary N) is 2. The maximum absolute atomic E-state index is 12.6. The predicted molar refractivity (Wildman–Crippen MR) is 98.6 cm³/mol. The normalized spacial score (nSPS) is 39.2. The fourth-order valence-electron chi connectivity index (χ4n) is 5.20. The molecule has 7 nitrogen and oxygen atoms in total. The Labute approximate surface area is 160 Å². The third-order valence-electron chi connectivity index (χ3n) is 6.70. The van der Waals surface area contributed by atoms with Gasteiger partial charge in [-0.25, -0.2) is 4.79 Å². The number of carbonyl (C=O) groups excluding carboxylic acids is 3. The van der Waals surface area contributed by atoms with Crippen LogP contribution in [-0.2, 0) is 9.59 Å². The number of halogens is 1. The smallest absolute Gasteiger partial charge is 0.325 e. The van der Waals surface area contributed by atoms with Gasteiger partial charge in [-0.05, 0) is 63.2 Å². The van der Waals surface area contributed by atoms with Crippen molar-refractivity contribution in [1.82, 2.24) is 15.5 Å². The van der Waals surface area contributed by atoms with Gasteiger partial charge in [0, 0.05) is 12.1 Å². The second-order valence-electron chi connectivity index (χ2n) is 8.57. The van der Waals surface area contributed by atoms with E-state index in [1.165, 1.54) is 6.42 Å². The van der Waals surface area contributed by atoms with Crippen LogP contribution < -0.4 is 16.4 Å². The number of fused-ring (bicyclic) bond motifs is 2. The summed E-state index contributed by atoms with van der Waals surface area (Å²) < 4.78 is 0. The molecule has 4 amide bonds. The van der Waals surface area contributed by atoms with E-state index in [4.69, 9.17) is 5.73 Å². The highest BCUT2D eigenvalue weighted by atomic mass is 35.5. The van der Waals surface area contributed by atoms with Crippen LogP contribution in [0.5, 0.6) is 0 Å². The molecule has 1 saturated heterocycles. The maximum atomic E-state index is 12.6. The second-order valence-corrected chi connectivity index (χ2v) is 8.57. The van der Waals surface area contributed by atoms with Crippen molar-refractivity contribution in [3.63, 3.8) is 0 Å². The SMILES string of the molecule is CC1(C2CC2)NC(=O)N(CC(=O)NC2C3CCCC2CC(N)C3)C1=O.Cl. The van der Waals surface area contributed by atoms with E-state index in [2.05, 4.69) is 10.6 Å². The van der Waals surface area contributed by atoms with E-state index < -0.39 is 11.6 Å². The number of carbonyl (C=O) groups is 3. The number of hydrogen-bond donors (Lipinski definition) is 3. The van der Waals surface area contributed by atoms with E-state index in [1.807, 2.05) is 0 Å². The summed E-state index contributed by atoms with van der Waals surface area (Å²) in [6.45, 7) is 1.59. The van der Waals surface area contributed by atoms with E-state index >= 15 is 0 Å². The molecule has 2 bridgehead atoms. The zero-order valence-electron chi connectivity index (χ0n) is 15.2. The first-order valence-electron chi connectivity index (χ1n) is 9.57. The summed E-state index contributed by atoms with van der Waals surface area (Å²) in [5, 5.41) is 5.90. The van der Waals surface area contributed by atoms with Crippen molar-refractivity contribution in [3.8, 4) is 0 Å². The molecule has 26 heavy (non-hydrogen) atoms. The molecule has 3 atom stereocenters. The van der Waals surface area contributed by atoms with Gasteiger partial charge in [-0.15, -0.1) is 12.4 Å². The Bertz CT molecular complexity index is 597. The highest BCUT2D eigenvalue weighted by Crippen LogP contribution is 2.43. The van der Waals surface area contributed by atoms with E-state index in [0.29, 0.717) is 11.8 Å². The lowest BCUT2D eigenvalue weighted by Gasteiger charge is -2.45. The summed E-state index contributed by atoms with van der Waals surface area (Å²) in [6.07, 6.45) is 7.19. The summed E-state index contributed by atoms with van der Waals surface area (Å²) in [5.41, 5.74) is 5.30. The molecule has 3 unspecified atom stereocenters. The molecule has 1 aliphatic heterocycles. The van der Waals surface area contributed by atoms with Crippen LogP contribution in [0.25, 0.3) is 0 Å². The molecule has 1 heterocycles. The highest BCUT2D eigenvalue weighted by molar-refractivity contribution is 6.09. The number of nitrogens with two attached hydrogens (primary N) is 1. The minimum atomic E-state index is -0.828. The third kappa shape index (κ3) is 3.31. The summed E-state index contributed by atoms with van der Waals surface area (Å²) >= 11 is 0. The number of hydrogen-bond acceptors (Lipinski definition) is 4. The summed E-state index contributed by atoms with van der Waals surface area (Å²) in [6, 6.07) is -0.0781. The van der Waals surface area contributed by atoms with Crippen molar-refractivity contribution in [3.05, 3.63) is 0 Å². The molecule has 4 fully saturated rings. The van der Waals surface area contributed by atoms with Crippen LogP contribution in [0.3, 0.4) is 0 Å². The second kappa shape index (κ2) is 7.00. The molecule has 4 rings (SSSR count). The highest BCUT2D eigenvalue weighted by Gasteiger charge is 2.56. The zero-order valence-corrected chi connectivity index (χ0v) is 16.0. The number of nitrogens with zero attached hydrogens (tertiary/aromatic N) is 1. The average Bonchev–Trinajstić information content (AvgIpc) is 3.35. The van der Waals surface area contributed by atoms with Gasteiger partial charge in [-0.2, -0.15) is 0 Å². The van der Waals surface area contributed by atoms with Crippen molar-refractivity contribution in [2.45, 2.75) is 69.5 Å². The molecule has 0 aromatic heterocycles. The van der Waals surface area contributed by atoms with Crippen LogP contribution in [0.4, 0.5) is 4.79 Å². The van der Waals surface area contributed by atoms with Gasteiger partial charge >= 0.3 is 6.03 Å². The largest absolute Gasteiger partial charge is 0.351 e. The van der Waals surface area contributed by atoms with Gasteiger partial charge in [0.05, 0.1) is 0 Å². The molecule has 0 aromatic rings. The maximum Gasteiger partial charge on any atom is 0.325 e. The van der Waals surface area contributed by atoms with E-state index in [0.717, 1.165) is 43.4 Å². The first kappa shape index (κ1) is 19.4. The first-order valence-corrected chi connectivity index (χ1v) is 9.57. The Morgan fingerprint density at radius 3 is 2.42 bits per heavy atom. The van der Waals surface area contributed by atoms with Crippen molar-refractivity contribution in [2.75, 3.05) is 6.54 Å². The molecule has 0 spiro atoms. The molecule has 4 aliphatic rings. The Kier molecular flexibility index (Phi) is 5.23. The van der Waals surface area contributed by atoms with Crippen LogP contribution >= 0.6 is 12.4 Å². The summed E-state index contributed by atoms with van der Waals surface area (Å²) in [7, 11) is 0. The lowest BCUT2D eigenvalue weighted by atomic mass is 9.67. The van der Waals surface area contributed by atoms with E-state index in [-0.39, 0.29) is 48.8 Å². The molecule has 0 aromatic carbocycles. The molecule has 8 heteroatoms. The monoisotopic (exact) mass is 384 g/mol. The lowest BCUT2D eigenvalue weighted by molar-refractivity contribution is -0.135. The quantitative estimate of drug-likeness (QED) is 0.632. The van der Waals surface area contributed by atoms with Gasteiger partial charge in [0.1, 0.15) is 12.1 Å². The van der Waals surface area contributed by atoms with Crippen molar-refractivity contribution in [2.24, 2.45) is 23.5 Å². The van der Waals surface area contributed by atoms with Crippen LogP contribution in [0.1, 0.15) is 51.9 Å². The Hall–Kier alpha value is -1.34. The Balaban J connectivity index is 0.00000196. The molecule has 3 saturated carbocycles. The zero-order chi connectivity index (χ0) is 17.8. The number of rotatable bonds is 4. The van der Waals surface area contributed by atoms with Crippen LogP contribution in [0.2, 0.25) is 0 Å². The molecular weight excluding hydrogens is 356 g/mol. The molecule has 4 N–H and O–H groups in total. The van der Waals surface area contributed by atoms with Crippen LogP contribution in [-0.4, -0.2) is 46.9 Å². The number of imide groups is 1. The van der Waals surface area contributed by atoms with Crippen molar-refractivity contribution in [1.29, 1.82) is 0 Å². The van der Waals surface area contributed by atoms with Gasteiger partial charge < -0.3 is 16.4 Å². The molecule has 3 aliphatic carbocycles. The van der Waals surface area contributed by atoms with Crippen LogP contribution in [0.15, 0.2) is 0 Å². The minimum Gasteiger partial charge on any atom is -0.351 e. The van der Waals surface area contributed by atoms with Gasteiger partial charge in [0.15, 0.2) is 0 Å². The third-order valence-corrected chi connectivity index (χ3v) is 6.70.